The van der Waals surface area contributed by atoms with Crippen LogP contribution in [0.4, 0.5) is 0 Å². The summed E-state index contributed by atoms with van der Waals surface area (Å²) in [5.74, 6) is 0. The van der Waals surface area contributed by atoms with Crippen LogP contribution in [-0.2, 0) is 28.5 Å². The van der Waals surface area contributed by atoms with Crippen molar-refractivity contribution in [1.82, 2.24) is 4.90 Å². The van der Waals surface area contributed by atoms with Crippen LogP contribution in [0.3, 0.4) is 0 Å². The van der Waals surface area contributed by atoms with Crippen LogP contribution >= 0.6 is 0 Å². The zero-order chi connectivity index (χ0) is 14.9. The monoisotopic (exact) mass is 313 g/mol. The van der Waals surface area contributed by atoms with Gasteiger partial charge in [0.05, 0.1) is 24.0 Å². The maximum absolute atomic E-state index is 12.7. The minimum absolute atomic E-state index is 0.822. The first-order chi connectivity index (χ1) is 10.8. The lowest BCUT2D eigenvalue weighted by molar-refractivity contribution is 0.0342. The van der Waals surface area contributed by atoms with Gasteiger partial charge in [-0.2, -0.15) is 0 Å². The Morgan fingerprint density at radius 2 is 1.77 bits per heavy atom. The predicted octanol–water partition coefficient (Wildman–Crippen LogP) is 2.59. The quantitative estimate of drug-likeness (QED) is 0.728. The van der Waals surface area contributed by atoms with Gasteiger partial charge in [-0.15, -0.1) is 0 Å². The summed E-state index contributed by atoms with van der Waals surface area (Å²) >= 11 is 0. The van der Waals surface area contributed by atoms with Gasteiger partial charge in [0.15, 0.2) is 0 Å². The van der Waals surface area contributed by atoms with E-state index < -0.39 is 10.8 Å². The molecule has 0 amide bonds. The van der Waals surface area contributed by atoms with E-state index in [0.29, 0.717) is 0 Å². The summed E-state index contributed by atoms with van der Waals surface area (Å²) in [6, 6.07) is 14.5. The molecule has 3 nitrogen and oxygen atoms in total. The highest BCUT2D eigenvalue weighted by Crippen LogP contribution is 2.32. The van der Waals surface area contributed by atoms with Crippen LogP contribution in [0.1, 0.15) is 16.7 Å². The molecular weight excluding hydrogens is 294 g/mol. The third-order valence-electron chi connectivity index (χ3n) is 4.39. The molecule has 2 aromatic rings. The van der Waals surface area contributed by atoms with E-state index in [2.05, 4.69) is 29.2 Å². The molecule has 0 aromatic heterocycles. The van der Waals surface area contributed by atoms with Crippen molar-refractivity contribution in [2.75, 3.05) is 26.3 Å². The molecule has 0 aliphatic carbocycles. The predicted molar refractivity (Wildman–Crippen MR) is 86.5 cm³/mol. The molecule has 1 unspecified atom stereocenters. The first-order valence-corrected chi connectivity index (χ1v) is 8.88. The molecule has 22 heavy (non-hydrogen) atoms. The molecule has 4 rings (SSSR count). The third-order valence-corrected chi connectivity index (χ3v) is 5.98. The average molecular weight is 313 g/mol. The third kappa shape index (κ3) is 2.62. The number of fused-ring (bicyclic) bond motifs is 2. The van der Waals surface area contributed by atoms with Crippen LogP contribution in [0, 0.1) is 0 Å². The average Bonchev–Trinajstić information content (AvgIpc) is 2.56. The van der Waals surface area contributed by atoms with E-state index in [0.717, 1.165) is 49.1 Å². The second-order valence-electron chi connectivity index (χ2n) is 5.88. The highest BCUT2D eigenvalue weighted by atomic mass is 32.2. The Hall–Kier alpha value is -1.49. The molecule has 2 aliphatic rings. The lowest BCUT2D eigenvalue weighted by Gasteiger charge is -2.27. The molecule has 0 N–H and O–H groups in total. The van der Waals surface area contributed by atoms with Gasteiger partial charge in [-0.05, 0) is 35.2 Å². The van der Waals surface area contributed by atoms with Crippen LogP contribution in [0.15, 0.2) is 52.3 Å². The number of benzene rings is 2. The molecular formula is C18H19NO2S. The highest BCUT2D eigenvalue weighted by Gasteiger charge is 2.22. The molecule has 0 radical (unpaired) electrons. The first kappa shape index (κ1) is 14.1. The summed E-state index contributed by atoms with van der Waals surface area (Å²) in [6.45, 7) is 4.58. The van der Waals surface area contributed by atoms with Gasteiger partial charge in [0.2, 0.25) is 0 Å². The van der Waals surface area contributed by atoms with E-state index in [1.807, 2.05) is 18.2 Å². The second kappa shape index (κ2) is 5.95. The Morgan fingerprint density at radius 3 is 2.64 bits per heavy atom. The summed E-state index contributed by atoms with van der Waals surface area (Å²) in [7, 11) is -1.04. The van der Waals surface area contributed by atoms with Gasteiger partial charge in [0, 0.05) is 29.4 Å². The Morgan fingerprint density at radius 1 is 1.00 bits per heavy atom. The maximum atomic E-state index is 12.7. The van der Waals surface area contributed by atoms with Crippen molar-refractivity contribution in [3.63, 3.8) is 0 Å². The number of hydrogen-bond donors (Lipinski definition) is 0. The normalized spacial score (nSPS) is 21.2. The molecule has 2 heterocycles. The van der Waals surface area contributed by atoms with Crippen LogP contribution in [0.25, 0.3) is 0 Å². The molecule has 0 bridgehead atoms. The minimum atomic E-state index is -1.04. The smallest absolute Gasteiger partial charge is 0.0855 e. The van der Waals surface area contributed by atoms with Crippen molar-refractivity contribution in [2.45, 2.75) is 22.8 Å². The number of morpholine rings is 1. The van der Waals surface area contributed by atoms with Crippen molar-refractivity contribution in [1.29, 1.82) is 0 Å². The van der Waals surface area contributed by atoms with Crippen molar-refractivity contribution in [3.8, 4) is 0 Å². The number of hydrogen-bond acceptors (Lipinski definition) is 3. The van der Waals surface area contributed by atoms with E-state index in [4.69, 9.17) is 4.74 Å². The van der Waals surface area contributed by atoms with Gasteiger partial charge < -0.3 is 4.74 Å². The molecule has 1 saturated heterocycles. The summed E-state index contributed by atoms with van der Waals surface area (Å²) in [5.41, 5.74) is 3.71. The van der Waals surface area contributed by atoms with Gasteiger partial charge in [-0.1, -0.05) is 30.3 Å². The lowest BCUT2D eigenvalue weighted by atomic mass is 10.0. The molecule has 4 heteroatoms. The van der Waals surface area contributed by atoms with Gasteiger partial charge in [0.25, 0.3) is 0 Å². The van der Waals surface area contributed by atoms with Crippen LogP contribution in [0.5, 0.6) is 0 Å². The van der Waals surface area contributed by atoms with Crippen molar-refractivity contribution >= 4 is 10.8 Å². The van der Waals surface area contributed by atoms with E-state index in [9.17, 15) is 4.21 Å². The molecule has 0 saturated carbocycles. The van der Waals surface area contributed by atoms with Crippen LogP contribution < -0.4 is 0 Å². The first-order valence-electron chi connectivity index (χ1n) is 7.73. The van der Waals surface area contributed by atoms with Gasteiger partial charge in [-0.25, -0.2) is 4.21 Å². The van der Waals surface area contributed by atoms with E-state index >= 15 is 0 Å². The number of ether oxygens (including phenoxy) is 1. The Balaban J connectivity index is 1.61. The maximum Gasteiger partial charge on any atom is 0.0855 e. The fraction of sp³-hybridized carbons (Fsp3) is 0.333. The minimum Gasteiger partial charge on any atom is -0.379 e. The summed E-state index contributed by atoms with van der Waals surface area (Å²) in [5, 5.41) is 0. The molecule has 0 spiro atoms. The Bertz CT molecular complexity index is 723. The van der Waals surface area contributed by atoms with Gasteiger partial charge in [-0.3, -0.25) is 4.90 Å². The SMILES string of the molecule is O=S1c2ccccc2Cc2cc(CN3CCOCC3)ccc21. The highest BCUT2D eigenvalue weighted by molar-refractivity contribution is 7.85. The fourth-order valence-electron chi connectivity index (χ4n) is 3.22. The van der Waals surface area contributed by atoms with Gasteiger partial charge in [0.1, 0.15) is 0 Å². The topological polar surface area (TPSA) is 29.5 Å². The number of rotatable bonds is 2. The van der Waals surface area contributed by atoms with Crippen LogP contribution in [0.2, 0.25) is 0 Å². The number of nitrogens with zero attached hydrogens (tertiary/aromatic N) is 1. The Kier molecular flexibility index (Phi) is 3.82. The van der Waals surface area contributed by atoms with Gasteiger partial charge >= 0.3 is 0 Å². The zero-order valence-electron chi connectivity index (χ0n) is 12.5. The lowest BCUT2D eigenvalue weighted by Crippen LogP contribution is -2.35. The van der Waals surface area contributed by atoms with E-state index in [1.165, 1.54) is 16.7 Å². The summed E-state index contributed by atoms with van der Waals surface area (Å²) in [4.78, 5) is 4.36. The van der Waals surface area contributed by atoms with Crippen molar-refractivity contribution in [2.24, 2.45) is 0 Å². The largest absolute Gasteiger partial charge is 0.379 e. The summed E-state index contributed by atoms with van der Waals surface area (Å²) in [6.07, 6.45) is 0.883. The van der Waals surface area contributed by atoms with Crippen LogP contribution in [-0.4, -0.2) is 35.4 Å². The van der Waals surface area contributed by atoms with E-state index in [1.54, 1.807) is 0 Å². The zero-order valence-corrected chi connectivity index (χ0v) is 13.3. The molecule has 1 fully saturated rings. The van der Waals surface area contributed by atoms with Crippen molar-refractivity contribution in [3.05, 3.63) is 59.2 Å². The van der Waals surface area contributed by atoms with E-state index in [-0.39, 0.29) is 0 Å². The van der Waals surface area contributed by atoms with Crippen molar-refractivity contribution < 1.29 is 8.95 Å². The second-order valence-corrected chi connectivity index (χ2v) is 7.30. The summed E-state index contributed by atoms with van der Waals surface area (Å²) < 4.78 is 18.1. The Labute approximate surface area is 133 Å². The molecule has 1 atom stereocenters. The molecule has 2 aliphatic heterocycles. The molecule has 2 aromatic carbocycles. The molecule has 114 valence electrons. The fourth-order valence-corrected chi connectivity index (χ4v) is 4.60. The standard InChI is InChI=1S/C18H19NO2S/c20-22-17-4-2-1-3-15(17)12-16-11-14(5-6-18(16)22)13-19-7-9-21-10-8-19/h1-6,11H,7-10,12-13H2.